The molecule has 1 amide bonds. The summed E-state index contributed by atoms with van der Waals surface area (Å²) in [5, 5.41) is 11.7. The molecule has 1 aromatic heterocycles. The fourth-order valence-electron chi connectivity index (χ4n) is 2.61. The van der Waals surface area contributed by atoms with Crippen molar-refractivity contribution in [1.82, 2.24) is 10.0 Å². The fraction of sp³-hybridized carbons (Fsp3) is 0.333. The van der Waals surface area contributed by atoms with Crippen molar-refractivity contribution < 1.29 is 27.5 Å². The Morgan fingerprint density at radius 3 is 2.48 bits per heavy atom. The second-order valence-corrected chi connectivity index (χ2v) is 8.26. The molecule has 0 unspecified atom stereocenters. The van der Waals surface area contributed by atoms with E-state index >= 15 is 0 Å². The second kappa shape index (κ2) is 7.16. The maximum Gasteiger partial charge on any atom is 0.339 e. The molecule has 1 fully saturated rings. The predicted octanol–water partition coefficient (Wildman–Crippen LogP) is 1.97. The van der Waals surface area contributed by atoms with Gasteiger partial charge in [-0.15, -0.1) is 0 Å². The van der Waals surface area contributed by atoms with Gasteiger partial charge < -0.3 is 14.8 Å². The van der Waals surface area contributed by atoms with E-state index in [2.05, 4.69) is 10.0 Å². The lowest BCUT2D eigenvalue weighted by Crippen LogP contribution is -2.27. The third kappa shape index (κ3) is 4.37. The van der Waals surface area contributed by atoms with E-state index in [0.717, 1.165) is 12.8 Å². The predicted molar refractivity (Wildman–Crippen MR) is 96.1 cm³/mol. The van der Waals surface area contributed by atoms with Crippen molar-refractivity contribution in [3.63, 3.8) is 0 Å². The van der Waals surface area contributed by atoms with Crippen LogP contribution in [0.25, 0.3) is 0 Å². The lowest BCUT2D eigenvalue weighted by molar-refractivity contribution is 0.0694. The Labute approximate surface area is 156 Å². The first-order chi connectivity index (χ1) is 12.7. The summed E-state index contributed by atoms with van der Waals surface area (Å²) in [7, 11) is -3.66. The van der Waals surface area contributed by atoms with Gasteiger partial charge in [-0.1, -0.05) is 6.07 Å². The maximum absolute atomic E-state index is 12.5. The SMILES string of the molecule is Cc1ccc(S(=O)(=O)NC2CC2)cc1C(=O)NCc1cc(C(=O)O)c(C)o1. The first-order valence-electron chi connectivity index (χ1n) is 8.41. The first-order valence-corrected chi connectivity index (χ1v) is 9.89. The molecule has 3 N–H and O–H groups in total. The van der Waals surface area contributed by atoms with Gasteiger partial charge in [-0.25, -0.2) is 17.9 Å². The first kappa shape index (κ1) is 19.1. The maximum atomic E-state index is 12.5. The summed E-state index contributed by atoms with van der Waals surface area (Å²) in [4.78, 5) is 23.6. The quantitative estimate of drug-likeness (QED) is 0.661. The van der Waals surface area contributed by atoms with Crippen molar-refractivity contribution in [2.45, 2.75) is 44.2 Å². The summed E-state index contributed by atoms with van der Waals surface area (Å²) < 4.78 is 32.6. The number of furan rings is 1. The van der Waals surface area contributed by atoms with Crippen LogP contribution in [0.3, 0.4) is 0 Å². The molecular formula is C18H20N2O6S. The molecule has 0 spiro atoms. The van der Waals surface area contributed by atoms with Crippen molar-refractivity contribution in [1.29, 1.82) is 0 Å². The minimum absolute atomic E-state index is 0.0102. The van der Waals surface area contributed by atoms with E-state index in [1.807, 2.05) is 0 Å². The van der Waals surface area contributed by atoms with Crippen LogP contribution in [-0.2, 0) is 16.6 Å². The molecule has 27 heavy (non-hydrogen) atoms. The van der Waals surface area contributed by atoms with E-state index in [1.165, 1.54) is 25.1 Å². The van der Waals surface area contributed by atoms with Gasteiger partial charge in [-0.2, -0.15) is 0 Å². The average Bonchev–Trinajstić information content (AvgIpc) is 3.31. The molecule has 1 saturated carbocycles. The summed E-state index contributed by atoms with van der Waals surface area (Å²) in [6, 6.07) is 5.71. The van der Waals surface area contributed by atoms with Crippen molar-refractivity contribution >= 4 is 21.9 Å². The van der Waals surface area contributed by atoms with E-state index in [9.17, 15) is 18.0 Å². The zero-order chi connectivity index (χ0) is 19.8. The zero-order valence-corrected chi connectivity index (χ0v) is 15.7. The summed E-state index contributed by atoms with van der Waals surface area (Å²) in [5.41, 5.74) is 0.893. The Hall–Kier alpha value is -2.65. The molecular weight excluding hydrogens is 372 g/mol. The number of hydrogen-bond donors (Lipinski definition) is 3. The minimum atomic E-state index is -3.66. The molecule has 0 aliphatic heterocycles. The monoisotopic (exact) mass is 392 g/mol. The number of carboxylic acid groups (broad SMARTS) is 1. The highest BCUT2D eigenvalue weighted by Crippen LogP contribution is 2.23. The van der Waals surface area contributed by atoms with Crippen LogP contribution in [0.4, 0.5) is 0 Å². The van der Waals surface area contributed by atoms with Gasteiger partial charge in [0.05, 0.1) is 11.4 Å². The molecule has 0 radical (unpaired) electrons. The number of hydrogen-bond acceptors (Lipinski definition) is 5. The molecule has 1 aromatic carbocycles. The number of carboxylic acids is 1. The summed E-state index contributed by atoms with van der Waals surface area (Å²) in [5.74, 6) is -1.02. The van der Waals surface area contributed by atoms with Gasteiger partial charge >= 0.3 is 5.97 Å². The van der Waals surface area contributed by atoms with Gasteiger partial charge in [0.25, 0.3) is 5.91 Å². The second-order valence-electron chi connectivity index (χ2n) is 6.54. The minimum Gasteiger partial charge on any atom is -0.478 e. The van der Waals surface area contributed by atoms with Crippen molar-refractivity contribution in [2.75, 3.05) is 0 Å². The van der Waals surface area contributed by atoms with Crippen LogP contribution in [0.2, 0.25) is 0 Å². The number of aryl methyl sites for hydroxylation is 2. The number of benzene rings is 1. The number of rotatable bonds is 7. The molecule has 1 aliphatic rings. The molecule has 8 nitrogen and oxygen atoms in total. The molecule has 9 heteroatoms. The fourth-order valence-corrected chi connectivity index (χ4v) is 3.94. The number of carbonyl (C=O) groups excluding carboxylic acids is 1. The van der Waals surface area contributed by atoms with Gasteiger partial charge in [0.15, 0.2) is 0 Å². The topological polar surface area (TPSA) is 126 Å². The summed E-state index contributed by atoms with van der Waals surface area (Å²) in [6.45, 7) is 3.23. The molecule has 2 aromatic rings. The number of carbonyl (C=O) groups is 2. The average molecular weight is 392 g/mol. The lowest BCUT2D eigenvalue weighted by atomic mass is 10.1. The largest absolute Gasteiger partial charge is 0.478 e. The van der Waals surface area contributed by atoms with Crippen molar-refractivity contribution in [3.8, 4) is 0 Å². The smallest absolute Gasteiger partial charge is 0.339 e. The molecule has 144 valence electrons. The van der Waals surface area contributed by atoms with Crippen LogP contribution in [-0.4, -0.2) is 31.4 Å². The Balaban J connectivity index is 1.75. The van der Waals surface area contributed by atoms with E-state index < -0.39 is 21.9 Å². The Kier molecular flexibility index (Phi) is 5.07. The molecule has 3 rings (SSSR count). The van der Waals surface area contributed by atoms with E-state index in [4.69, 9.17) is 9.52 Å². The van der Waals surface area contributed by atoms with Crippen molar-refractivity contribution in [3.05, 3.63) is 52.5 Å². The molecule has 0 atom stereocenters. The number of sulfonamides is 1. The highest BCUT2D eigenvalue weighted by molar-refractivity contribution is 7.89. The zero-order valence-electron chi connectivity index (χ0n) is 14.9. The number of aromatic carboxylic acids is 1. The standard InChI is InChI=1S/C18H20N2O6S/c1-10-3-6-14(27(24,25)20-12-4-5-12)8-15(10)17(21)19-9-13-7-16(18(22)23)11(2)26-13/h3,6-8,12,20H,4-5,9H2,1-2H3,(H,19,21)(H,22,23). The Morgan fingerprint density at radius 1 is 1.19 bits per heavy atom. The number of nitrogens with one attached hydrogen (secondary N) is 2. The van der Waals surface area contributed by atoms with Gasteiger partial charge in [-0.3, -0.25) is 4.79 Å². The molecule has 0 bridgehead atoms. The van der Waals surface area contributed by atoms with Gasteiger partial charge in [0.1, 0.15) is 17.1 Å². The normalized spacial score (nSPS) is 14.1. The van der Waals surface area contributed by atoms with Gasteiger partial charge in [0, 0.05) is 11.6 Å². The third-order valence-electron chi connectivity index (χ3n) is 4.29. The Morgan fingerprint density at radius 2 is 1.89 bits per heavy atom. The van der Waals surface area contributed by atoms with Crippen molar-refractivity contribution in [2.24, 2.45) is 0 Å². The summed E-state index contributed by atoms with van der Waals surface area (Å²) >= 11 is 0. The van der Waals surface area contributed by atoms with Crippen LogP contribution in [0.15, 0.2) is 33.6 Å². The summed E-state index contributed by atoms with van der Waals surface area (Å²) in [6.07, 6.45) is 1.64. The Bertz CT molecular complexity index is 1000. The molecule has 1 aliphatic carbocycles. The van der Waals surface area contributed by atoms with Crippen LogP contribution in [0, 0.1) is 13.8 Å². The van der Waals surface area contributed by atoms with E-state index in [-0.39, 0.29) is 34.4 Å². The van der Waals surface area contributed by atoms with E-state index in [0.29, 0.717) is 11.3 Å². The van der Waals surface area contributed by atoms with Gasteiger partial charge in [0.2, 0.25) is 10.0 Å². The van der Waals surface area contributed by atoms with Gasteiger partial charge in [-0.05, 0) is 50.5 Å². The third-order valence-corrected chi connectivity index (χ3v) is 5.80. The number of amides is 1. The molecule has 1 heterocycles. The van der Waals surface area contributed by atoms with Crippen LogP contribution >= 0.6 is 0 Å². The highest BCUT2D eigenvalue weighted by atomic mass is 32.2. The lowest BCUT2D eigenvalue weighted by Gasteiger charge is -2.10. The highest BCUT2D eigenvalue weighted by Gasteiger charge is 2.28. The van der Waals surface area contributed by atoms with Crippen LogP contribution in [0.1, 0.15) is 50.6 Å². The molecule has 0 saturated heterocycles. The van der Waals surface area contributed by atoms with Crippen LogP contribution in [0.5, 0.6) is 0 Å². The van der Waals surface area contributed by atoms with Crippen LogP contribution < -0.4 is 10.0 Å². The van der Waals surface area contributed by atoms with E-state index in [1.54, 1.807) is 13.0 Å².